The second-order valence-corrected chi connectivity index (χ2v) is 4.27. The molecule has 1 aromatic heterocycles. The molecule has 0 aliphatic rings. The molecule has 3 nitrogen and oxygen atoms in total. The van der Waals surface area contributed by atoms with Crippen LogP contribution in [0.2, 0.25) is 0 Å². The molecule has 3 heteroatoms. The van der Waals surface area contributed by atoms with Crippen LogP contribution in [-0.4, -0.2) is 4.98 Å². The molecule has 18 heavy (non-hydrogen) atoms. The van der Waals surface area contributed by atoms with Crippen molar-refractivity contribution >= 4 is 5.69 Å². The van der Waals surface area contributed by atoms with Crippen LogP contribution in [0.5, 0.6) is 0 Å². The van der Waals surface area contributed by atoms with E-state index in [9.17, 15) is 0 Å². The molecule has 0 fully saturated rings. The van der Waals surface area contributed by atoms with E-state index in [1.54, 1.807) is 0 Å². The maximum absolute atomic E-state index is 8.81. The molecule has 0 spiro atoms. The summed E-state index contributed by atoms with van der Waals surface area (Å²) >= 11 is 0. The number of aryl methyl sites for hydroxylation is 2. The van der Waals surface area contributed by atoms with Crippen molar-refractivity contribution < 1.29 is 0 Å². The maximum Gasteiger partial charge on any atom is 0.0991 e. The van der Waals surface area contributed by atoms with Gasteiger partial charge in [0.2, 0.25) is 0 Å². The van der Waals surface area contributed by atoms with Crippen molar-refractivity contribution in [1.82, 2.24) is 4.98 Å². The topological polar surface area (TPSA) is 48.7 Å². The Kier molecular flexibility index (Phi) is 3.59. The Balaban J connectivity index is 2.09. The molecule has 1 heterocycles. The lowest BCUT2D eigenvalue weighted by molar-refractivity contribution is 1.01. The Morgan fingerprint density at radius 2 is 2.06 bits per heavy atom. The van der Waals surface area contributed by atoms with Crippen LogP contribution in [0.3, 0.4) is 0 Å². The van der Waals surface area contributed by atoms with E-state index >= 15 is 0 Å². The fraction of sp³-hybridized carbons (Fsp3) is 0.200. The lowest BCUT2D eigenvalue weighted by atomic mass is 10.1. The first-order chi connectivity index (χ1) is 8.69. The lowest BCUT2D eigenvalue weighted by Gasteiger charge is -2.09. The van der Waals surface area contributed by atoms with Crippen LogP contribution in [0.4, 0.5) is 5.69 Å². The average molecular weight is 237 g/mol. The van der Waals surface area contributed by atoms with Gasteiger partial charge in [0, 0.05) is 11.4 Å². The fourth-order valence-corrected chi connectivity index (χ4v) is 1.82. The third kappa shape index (κ3) is 2.86. The smallest absolute Gasteiger partial charge is 0.0991 e. The Labute approximate surface area is 107 Å². The Morgan fingerprint density at radius 1 is 1.22 bits per heavy atom. The molecule has 0 bridgehead atoms. The van der Waals surface area contributed by atoms with Crippen LogP contribution >= 0.6 is 0 Å². The highest BCUT2D eigenvalue weighted by atomic mass is 14.9. The van der Waals surface area contributed by atoms with E-state index in [1.165, 1.54) is 0 Å². The second-order valence-electron chi connectivity index (χ2n) is 4.27. The largest absolute Gasteiger partial charge is 0.379 e. The number of benzene rings is 1. The summed E-state index contributed by atoms with van der Waals surface area (Å²) in [5, 5.41) is 12.1. The summed E-state index contributed by atoms with van der Waals surface area (Å²) in [6, 6.07) is 13.8. The standard InChI is InChI=1S/C15H15N3/c1-11-8-13(9-16)6-7-15(11)17-10-14-5-3-4-12(2)18-14/h3-8,17H,10H2,1-2H3. The number of anilines is 1. The minimum atomic E-state index is 0.687. The number of nitriles is 1. The van der Waals surface area contributed by atoms with E-state index in [1.807, 2.05) is 50.2 Å². The Morgan fingerprint density at radius 3 is 2.72 bits per heavy atom. The highest BCUT2D eigenvalue weighted by Crippen LogP contribution is 2.16. The van der Waals surface area contributed by atoms with Gasteiger partial charge >= 0.3 is 0 Å². The predicted octanol–water partition coefficient (Wildman–Crippen LogP) is 3.18. The van der Waals surface area contributed by atoms with Crippen molar-refractivity contribution in [1.29, 1.82) is 5.26 Å². The van der Waals surface area contributed by atoms with Gasteiger partial charge < -0.3 is 5.32 Å². The van der Waals surface area contributed by atoms with Crippen molar-refractivity contribution in [2.45, 2.75) is 20.4 Å². The predicted molar refractivity (Wildman–Crippen MR) is 72.2 cm³/mol. The van der Waals surface area contributed by atoms with Gasteiger partial charge in [0.05, 0.1) is 23.9 Å². The highest BCUT2D eigenvalue weighted by Gasteiger charge is 2.00. The van der Waals surface area contributed by atoms with Gasteiger partial charge in [-0.15, -0.1) is 0 Å². The Hall–Kier alpha value is -2.34. The number of aromatic nitrogens is 1. The van der Waals surface area contributed by atoms with Gasteiger partial charge in [0.1, 0.15) is 0 Å². The molecule has 0 radical (unpaired) electrons. The summed E-state index contributed by atoms with van der Waals surface area (Å²) in [6.45, 7) is 4.66. The van der Waals surface area contributed by atoms with Gasteiger partial charge in [-0.2, -0.15) is 5.26 Å². The summed E-state index contributed by atoms with van der Waals surface area (Å²) in [5.41, 5.74) is 4.83. The molecule has 0 unspecified atom stereocenters. The fourth-order valence-electron chi connectivity index (χ4n) is 1.82. The first-order valence-electron chi connectivity index (χ1n) is 5.86. The molecule has 0 aliphatic heterocycles. The summed E-state index contributed by atoms with van der Waals surface area (Å²) in [4.78, 5) is 4.44. The second kappa shape index (κ2) is 5.33. The minimum Gasteiger partial charge on any atom is -0.379 e. The molecule has 0 saturated heterocycles. The summed E-state index contributed by atoms with van der Waals surface area (Å²) in [5.74, 6) is 0. The van der Waals surface area contributed by atoms with Crippen molar-refractivity contribution in [3.8, 4) is 6.07 Å². The maximum atomic E-state index is 8.81. The quantitative estimate of drug-likeness (QED) is 0.891. The minimum absolute atomic E-state index is 0.687. The van der Waals surface area contributed by atoms with Crippen molar-refractivity contribution in [3.05, 3.63) is 58.9 Å². The monoisotopic (exact) mass is 237 g/mol. The average Bonchev–Trinajstić information content (AvgIpc) is 2.37. The van der Waals surface area contributed by atoms with Crippen molar-refractivity contribution in [2.75, 3.05) is 5.32 Å². The van der Waals surface area contributed by atoms with Gasteiger partial charge in [-0.05, 0) is 49.7 Å². The van der Waals surface area contributed by atoms with Crippen LogP contribution < -0.4 is 5.32 Å². The molecule has 0 amide bonds. The number of hydrogen-bond acceptors (Lipinski definition) is 3. The number of hydrogen-bond donors (Lipinski definition) is 1. The molecule has 0 saturated carbocycles. The van der Waals surface area contributed by atoms with Crippen molar-refractivity contribution in [2.24, 2.45) is 0 Å². The van der Waals surface area contributed by atoms with Crippen molar-refractivity contribution in [3.63, 3.8) is 0 Å². The van der Waals surface area contributed by atoms with E-state index in [4.69, 9.17) is 5.26 Å². The van der Waals surface area contributed by atoms with Crippen LogP contribution in [0.15, 0.2) is 36.4 Å². The van der Waals surface area contributed by atoms with E-state index in [-0.39, 0.29) is 0 Å². The van der Waals surface area contributed by atoms with Gasteiger partial charge in [-0.25, -0.2) is 0 Å². The summed E-state index contributed by atoms with van der Waals surface area (Å²) in [7, 11) is 0. The number of nitrogens with zero attached hydrogens (tertiary/aromatic N) is 2. The lowest BCUT2D eigenvalue weighted by Crippen LogP contribution is -2.03. The Bertz CT molecular complexity index is 597. The van der Waals surface area contributed by atoms with Gasteiger partial charge in [0.25, 0.3) is 0 Å². The third-order valence-corrected chi connectivity index (χ3v) is 2.76. The first-order valence-corrected chi connectivity index (χ1v) is 5.86. The molecule has 0 aliphatic carbocycles. The third-order valence-electron chi connectivity index (χ3n) is 2.76. The summed E-state index contributed by atoms with van der Waals surface area (Å²) in [6.07, 6.45) is 0. The number of rotatable bonds is 3. The van der Waals surface area contributed by atoms with E-state index < -0.39 is 0 Å². The molecular weight excluding hydrogens is 222 g/mol. The van der Waals surface area contributed by atoms with Crippen LogP contribution in [0, 0.1) is 25.2 Å². The van der Waals surface area contributed by atoms with E-state index in [0.29, 0.717) is 12.1 Å². The SMILES string of the molecule is Cc1cccc(CNc2ccc(C#N)cc2C)n1. The molecule has 1 N–H and O–H groups in total. The zero-order valence-electron chi connectivity index (χ0n) is 10.6. The molecule has 0 atom stereocenters. The number of pyridine rings is 1. The number of nitrogens with one attached hydrogen (secondary N) is 1. The van der Waals surface area contributed by atoms with Crippen LogP contribution in [0.25, 0.3) is 0 Å². The zero-order chi connectivity index (χ0) is 13.0. The first kappa shape index (κ1) is 12.1. The zero-order valence-corrected chi connectivity index (χ0v) is 10.6. The highest BCUT2D eigenvalue weighted by molar-refractivity contribution is 5.54. The van der Waals surface area contributed by atoms with Gasteiger partial charge in [0.15, 0.2) is 0 Å². The molecule has 90 valence electrons. The van der Waals surface area contributed by atoms with Gasteiger partial charge in [-0.1, -0.05) is 6.07 Å². The van der Waals surface area contributed by atoms with E-state index in [2.05, 4.69) is 16.4 Å². The molecule has 1 aromatic carbocycles. The molecular formula is C15H15N3. The normalized spacial score (nSPS) is 9.83. The molecule has 2 aromatic rings. The molecule has 2 rings (SSSR count). The van der Waals surface area contributed by atoms with Gasteiger partial charge in [-0.3, -0.25) is 4.98 Å². The van der Waals surface area contributed by atoms with Crippen LogP contribution in [0.1, 0.15) is 22.5 Å². The summed E-state index contributed by atoms with van der Waals surface area (Å²) < 4.78 is 0. The van der Waals surface area contributed by atoms with Crippen LogP contribution in [-0.2, 0) is 6.54 Å². The van der Waals surface area contributed by atoms with E-state index in [0.717, 1.165) is 22.6 Å².